The van der Waals surface area contributed by atoms with Gasteiger partial charge in [-0.2, -0.15) is 5.26 Å². The van der Waals surface area contributed by atoms with Gasteiger partial charge in [-0.25, -0.2) is 0 Å². The highest BCUT2D eigenvalue weighted by atomic mass is 16.4. The fourth-order valence-electron chi connectivity index (χ4n) is 1.60. The van der Waals surface area contributed by atoms with E-state index in [1.807, 2.05) is 24.3 Å². The van der Waals surface area contributed by atoms with Gasteiger partial charge in [-0.15, -0.1) is 0 Å². The van der Waals surface area contributed by atoms with E-state index < -0.39 is 17.9 Å². The monoisotopic (exact) mass is 301 g/mol. The second-order valence-corrected chi connectivity index (χ2v) is 5.12. The van der Waals surface area contributed by atoms with Gasteiger partial charge in [-0.1, -0.05) is 26.0 Å². The SMILES string of the molecule is CC(NC(=O)/C(C#N)=C\Nc1ccc(C(C)C)cc1)C(=O)O. The molecule has 0 heterocycles. The summed E-state index contributed by atoms with van der Waals surface area (Å²) in [7, 11) is 0. The van der Waals surface area contributed by atoms with Crippen molar-refractivity contribution in [1.29, 1.82) is 5.26 Å². The molecule has 0 spiro atoms. The number of nitrogens with one attached hydrogen (secondary N) is 2. The number of benzene rings is 1. The third-order valence-electron chi connectivity index (χ3n) is 3.04. The van der Waals surface area contributed by atoms with Crippen molar-refractivity contribution in [1.82, 2.24) is 5.32 Å². The van der Waals surface area contributed by atoms with Crippen molar-refractivity contribution >= 4 is 17.6 Å². The minimum atomic E-state index is -1.16. The summed E-state index contributed by atoms with van der Waals surface area (Å²) in [5.74, 6) is -1.48. The maximum absolute atomic E-state index is 11.7. The maximum Gasteiger partial charge on any atom is 0.325 e. The van der Waals surface area contributed by atoms with Crippen LogP contribution in [0.25, 0.3) is 0 Å². The molecule has 1 unspecified atom stereocenters. The van der Waals surface area contributed by atoms with E-state index >= 15 is 0 Å². The Kier molecular flexibility index (Phi) is 6.14. The Labute approximate surface area is 129 Å². The third kappa shape index (κ3) is 4.94. The van der Waals surface area contributed by atoms with Crippen molar-refractivity contribution in [2.24, 2.45) is 0 Å². The molecule has 0 aliphatic carbocycles. The number of hydrogen-bond acceptors (Lipinski definition) is 4. The van der Waals surface area contributed by atoms with Crippen molar-refractivity contribution in [3.8, 4) is 6.07 Å². The van der Waals surface area contributed by atoms with E-state index in [9.17, 15) is 9.59 Å². The van der Waals surface area contributed by atoms with Gasteiger partial charge in [0.25, 0.3) is 5.91 Å². The van der Waals surface area contributed by atoms with E-state index in [1.165, 1.54) is 18.7 Å². The highest BCUT2D eigenvalue weighted by molar-refractivity contribution is 5.99. The summed E-state index contributed by atoms with van der Waals surface area (Å²) in [4.78, 5) is 22.4. The number of carboxylic acids is 1. The summed E-state index contributed by atoms with van der Waals surface area (Å²) in [6.07, 6.45) is 1.26. The first-order valence-electron chi connectivity index (χ1n) is 6.85. The van der Waals surface area contributed by atoms with Crippen molar-refractivity contribution in [2.45, 2.75) is 32.7 Å². The summed E-state index contributed by atoms with van der Waals surface area (Å²) in [5, 5.41) is 22.8. The van der Waals surface area contributed by atoms with E-state index in [-0.39, 0.29) is 5.57 Å². The molecular formula is C16H19N3O3. The predicted octanol–water partition coefficient (Wildman–Crippen LogP) is 2.22. The fraction of sp³-hybridized carbons (Fsp3) is 0.312. The number of carbonyl (C=O) groups excluding carboxylic acids is 1. The summed E-state index contributed by atoms with van der Waals surface area (Å²) >= 11 is 0. The fourth-order valence-corrected chi connectivity index (χ4v) is 1.60. The molecule has 0 aliphatic heterocycles. The molecule has 1 aromatic rings. The van der Waals surface area contributed by atoms with Gasteiger partial charge in [0.2, 0.25) is 0 Å². The first-order chi connectivity index (χ1) is 10.3. The van der Waals surface area contributed by atoms with Gasteiger partial charge < -0.3 is 15.7 Å². The van der Waals surface area contributed by atoms with Crippen LogP contribution < -0.4 is 10.6 Å². The molecule has 0 aromatic heterocycles. The molecule has 1 atom stereocenters. The number of carbonyl (C=O) groups is 2. The molecule has 6 heteroatoms. The Morgan fingerprint density at radius 1 is 1.23 bits per heavy atom. The van der Waals surface area contributed by atoms with Gasteiger partial charge in [0, 0.05) is 11.9 Å². The van der Waals surface area contributed by atoms with E-state index in [0.29, 0.717) is 5.92 Å². The number of carboxylic acid groups (broad SMARTS) is 1. The molecule has 0 aliphatic rings. The molecule has 3 N–H and O–H groups in total. The van der Waals surface area contributed by atoms with E-state index in [0.717, 1.165) is 5.69 Å². The number of amides is 1. The zero-order valence-corrected chi connectivity index (χ0v) is 12.8. The summed E-state index contributed by atoms with van der Waals surface area (Å²) in [6.45, 7) is 5.50. The van der Waals surface area contributed by atoms with Crippen LogP contribution in [0.4, 0.5) is 5.69 Å². The minimum Gasteiger partial charge on any atom is -0.480 e. The first kappa shape index (κ1) is 17.2. The lowest BCUT2D eigenvalue weighted by atomic mass is 10.0. The second kappa shape index (κ2) is 7.84. The normalized spacial score (nSPS) is 12.4. The molecule has 22 heavy (non-hydrogen) atoms. The average Bonchev–Trinajstić information content (AvgIpc) is 2.48. The molecule has 0 radical (unpaired) electrons. The quantitative estimate of drug-likeness (QED) is 0.552. The minimum absolute atomic E-state index is 0.193. The molecule has 1 amide bonds. The predicted molar refractivity (Wildman–Crippen MR) is 83.1 cm³/mol. The van der Waals surface area contributed by atoms with Crippen molar-refractivity contribution in [2.75, 3.05) is 5.32 Å². The molecule has 0 saturated heterocycles. The van der Waals surface area contributed by atoms with Gasteiger partial charge in [0.15, 0.2) is 0 Å². The maximum atomic E-state index is 11.7. The molecule has 0 fully saturated rings. The van der Waals surface area contributed by atoms with Gasteiger partial charge in [-0.3, -0.25) is 9.59 Å². The summed E-state index contributed by atoms with van der Waals surface area (Å²) in [5.41, 5.74) is 1.72. The first-order valence-corrected chi connectivity index (χ1v) is 6.85. The number of hydrogen-bond donors (Lipinski definition) is 3. The van der Waals surface area contributed by atoms with E-state index in [1.54, 1.807) is 6.07 Å². The lowest BCUT2D eigenvalue weighted by Gasteiger charge is -2.09. The molecule has 0 saturated carbocycles. The Morgan fingerprint density at radius 3 is 2.27 bits per heavy atom. The van der Waals surface area contributed by atoms with Gasteiger partial charge in [0.05, 0.1) is 0 Å². The molecular weight excluding hydrogens is 282 g/mol. The zero-order valence-electron chi connectivity index (χ0n) is 12.8. The molecule has 1 rings (SSSR count). The number of aliphatic carboxylic acids is 1. The van der Waals surface area contributed by atoms with E-state index in [4.69, 9.17) is 10.4 Å². The highest BCUT2D eigenvalue weighted by Crippen LogP contribution is 2.17. The van der Waals surface area contributed by atoms with Crippen LogP contribution in [0.5, 0.6) is 0 Å². The Hall–Kier alpha value is -2.81. The van der Waals surface area contributed by atoms with Crippen LogP contribution in [0.3, 0.4) is 0 Å². The highest BCUT2D eigenvalue weighted by Gasteiger charge is 2.16. The second-order valence-electron chi connectivity index (χ2n) is 5.12. The van der Waals surface area contributed by atoms with Crippen LogP contribution in [-0.2, 0) is 9.59 Å². The van der Waals surface area contributed by atoms with Crippen LogP contribution >= 0.6 is 0 Å². The van der Waals surface area contributed by atoms with Crippen molar-refractivity contribution < 1.29 is 14.7 Å². The largest absolute Gasteiger partial charge is 0.480 e. The summed E-state index contributed by atoms with van der Waals surface area (Å²) in [6, 6.07) is 8.29. The van der Waals surface area contributed by atoms with Crippen LogP contribution in [0.2, 0.25) is 0 Å². The van der Waals surface area contributed by atoms with Gasteiger partial charge >= 0.3 is 5.97 Å². The molecule has 1 aromatic carbocycles. The Balaban J connectivity index is 2.75. The molecule has 0 bridgehead atoms. The number of anilines is 1. The summed E-state index contributed by atoms with van der Waals surface area (Å²) < 4.78 is 0. The van der Waals surface area contributed by atoms with Crippen molar-refractivity contribution in [3.05, 3.63) is 41.6 Å². The molecule has 6 nitrogen and oxygen atoms in total. The van der Waals surface area contributed by atoms with E-state index in [2.05, 4.69) is 24.5 Å². The Bertz CT molecular complexity index is 613. The average molecular weight is 301 g/mol. The standard InChI is InChI=1S/C16H19N3O3/c1-10(2)12-4-6-14(7-5-12)18-9-13(8-17)15(20)19-11(3)16(21)22/h4-7,9-11,18H,1-3H3,(H,19,20)(H,21,22)/b13-9-. The lowest BCUT2D eigenvalue weighted by molar-refractivity contribution is -0.140. The van der Waals surface area contributed by atoms with Crippen LogP contribution in [0.1, 0.15) is 32.3 Å². The number of rotatable bonds is 6. The zero-order chi connectivity index (χ0) is 16.7. The van der Waals surface area contributed by atoms with Crippen LogP contribution in [0, 0.1) is 11.3 Å². The smallest absolute Gasteiger partial charge is 0.325 e. The topological polar surface area (TPSA) is 102 Å². The van der Waals surface area contributed by atoms with Gasteiger partial charge in [-0.05, 0) is 30.5 Å². The van der Waals surface area contributed by atoms with Crippen LogP contribution in [0.15, 0.2) is 36.0 Å². The molecule has 116 valence electrons. The van der Waals surface area contributed by atoms with Gasteiger partial charge in [0.1, 0.15) is 17.7 Å². The lowest BCUT2D eigenvalue weighted by Crippen LogP contribution is -2.39. The Morgan fingerprint density at radius 2 is 1.82 bits per heavy atom. The van der Waals surface area contributed by atoms with Crippen LogP contribution in [-0.4, -0.2) is 23.0 Å². The van der Waals surface area contributed by atoms with Crippen molar-refractivity contribution in [3.63, 3.8) is 0 Å². The third-order valence-corrected chi connectivity index (χ3v) is 3.04. The number of nitrogens with zero attached hydrogens (tertiary/aromatic N) is 1. The number of nitriles is 1.